The zero-order valence-electron chi connectivity index (χ0n) is 16.1. The molecule has 1 heterocycles. The number of ether oxygens (including phenoxy) is 1. The average molecular weight is 434 g/mol. The molecule has 1 N–H and O–H groups in total. The van der Waals surface area contributed by atoms with Crippen molar-refractivity contribution < 1.29 is 19.4 Å². The molecule has 29 heavy (non-hydrogen) atoms. The number of amides is 1. The summed E-state index contributed by atoms with van der Waals surface area (Å²) in [6.07, 6.45) is 1.61. The topological polar surface area (TPSA) is 66.8 Å². The first-order chi connectivity index (χ1) is 13.9. The highest BCUT2D eigenvalue weighted by molar-refractivity contribution is 6.46. The van der Waals surface area contributed by atoms with E-state index in [0.717, 1.165) is 12.8 Å². The number of aliphatic hydroxyl groups is 1. The number of hydrogen-bond donors (Lipinski definition) is 1. The van der Waals surface area contributed by atoms with E-state index in [1.54, 1.807) is 37.4 Å². The fourth-order valence-electron chi connectivity index (χ4n) is 3.37. The van der Waals surface area contributed by atoms with Gasteiger partial charge in [-0.2, -0.15) is 0 Å². The molecule has 3 rings (SSSR count). The number of aliphatic hydroxyl groups excluding tert-OH is 1. The van der Waals surface area contributed by atoms with Gasteiger partial charge >= 0.3 is 0 Å². The molecule has 7 heteroatoms. The van der Waals surface area contributed by atoms with Gasteiger partial charge in [-0.1, -0.05) is 48.7 Å². The van der Waals surface area contributed by atoms with Gasteiger partial charge in [-0.05, 0) is 42.3 Å². The van der Waals surface area contributed by atoms with E-state index in [4.69, 9.17) is 27.9 Å². The van der Waals surface area contributed by atoms with Crippen molar-refractivity contribution in [3.05, 3.63) is 69.2 Å². The summed E-state index contributed by atoms with van der Waals surface area (Å²) >= 11 is 12.0. The predicted octanol–water partition coefficient (Wildman–Crippen LogP) is 5.22. The number of nitrogens with zero attached hydrogens (tertiary/aromatic N) is 1. The zero-order valence-corrected chi connectivity index (χ0v) is 17.6. The van der Waals surface area contributed by atoms with Gasteiger partial charge in [-0.3, -0.25) is 9.59 Å². The van der Waals surface area contributed by atoms with Gasteiger partial charge in [-0.25, -0.2) is 0 Å². The van der Waals surface area contributed by atoms with Crippen molar-refractivity contribution in [3.63, 3.8) is 0 Å². The highest BCUT2D eigenvalue weighted by atomic mass is 35.5. The van der Waals surface area contributed by atoms with Crippen molar-refractivity contribution in [1.29, 1.82) is 0 Å². The molecule has 0 spiro atoms. The molecule has 1 amide bonds. The fraction of sp³-hybridized carbons (Fsp3) is 0.273. The number of likely N-dealkylation sites (tertiary alicyclic amines) is 1. The van der Waals surface area contributed by atoms with Crippen molar-refractivity contribution in [2.45, 2.75) is 25.8 Å². The lowest BCUT2D eigenvalue weighted by atomic mass is 9.95. The SMILES string of the molecule is CCCCN1C(=O)C(=O)/C(=C(\O)c2ccc(Cl)c(Cl)c2)C1c1ccc(OC)cc1. The lowest BCUT2D eigenvalue weighted by Gasteiger charge is -2.25. The van der Waals surface area contributed by atoms with Gasteiger partial charge in [0.1, 0.15) is 11.5 Å². The van der Waals surface area contributed by atoms with Crippen LogP contribution in [0.5, 0.6) is 5.75 Å². The summed E-state index contributed by atoms with van der Waals surface area (Å²) in [5.41, 5.74) is 1.07. The fourth-order valence-corrected chi connectivity index (χ4v) is 3.67. The molecule has 0 bridgehead atoms. The van der Waals surface area contributed by atoms with Crippen LogP contribution < -0.4 is 4.74 Å². The lowest BCUT2D eigenvalue weighted by Crippen LogP contribution is -2.30. The van der Waals surface area contributed by atoms with E-state index in [1.807, 2.05) is 6.92 Å². The number of rotatable bonds is 6. The van der Waals surface area contributed by atoms with Crippen LogP contribution in [0.3, 0.4) is 0 Å². The number of methoxy groups -OCH3 is 1. The van der Waals surface area contributed by atoms with Crippen LogP contribution in [0.2, 0.25) is 10.0 Å². The van der Waals surface area contributed by atoms with Gasteiger partial charge in [0, 0.05) is 12.1 Å². The van der Waals surface area contributed by atoms with Crippen molar-refractivity contribution in [1.82, 2.24) is 4.90 Å². The second-order valence-electron chi connectivity index (χ2n) is 6.75. The van der Waals surface area contributed by atoms with Gasteiger partial charge in [0.05, 0.1) is 28.8 Å². The van der Waals surface area contributed by atoms with E-state index < -0.39 is 17.7 Å². The van der Waals surface area contributed by atoms with Crippen molar-refractivity contribution >= 4 is 40.7 Å². The van der Waals surface area contributed by atoms with Gasteiger partial charge in [0.25, 0.3) is 11.7 Å². The summed E-state index contributed by atoms with van der Waals surface area (Å²) in [5.74, 6) is -0.961. The molecule has 5 nitrogen and oxygen atoms in total. The van der Waals surface area contributed by atoms with Gasteiger partial charge < -0.3 is 14.7 Å². The summed E-state index contributed by atoms with van der Waals surface area (Å²) in [7, 11) is 1.56. The van der Waals surface area contributed by atoms with Crippen LogP contribution in [0.4, 0.5) is 0 Å². The first-order valence-electron chi connectivity index (χ1n) is 9.26. The van der Waals surface area contributed by atoms with E-state index in [1.165, 1.54) is 17.0 Å². The summed E-state index contributed by atoms with van der Waals surface area (Å²) in [6, 6.07) is 11.0. The predicted molar refractivity (Wildman–Crippen MR) is 113 cm³/mol. The number of ketones is 1. The monoisotopic (exact) mass is 433 g/mol. The lowest BCUT2D eigenvalue weighted by molar-refractivity contribution is -0.139. The largest absolute Gasteiger partial charge is 0.507 e. The van der Waals surface area contributed by atoms with Gasteiger partial charge in [-0.15, -0.1) is 0 Å². The first kappa shape index (κ1) is 21.2. The molecule has 1 aliphatic rings. The van der Waals surface area contributed by atoms with E-state index in [9.17, 15) is 14.7 Å². The molecule has 1 fully saturated rings. The minimum atomic E-state index is -0.717. The van der Waals surface area contributed by atoms with Gasteiger partial charge in [0.15, 0.2) is 0 Å². The average Bonchev–Trinajstić information content (AvgIpc) is 2.98. The Morgan fingerprint density at radius 2 is 1.79 bits per heavy atom. The van der Waals surface area contributed by atoms with E-state index in [-0.39, 0.29) is 16.4 Å². The van der Waals surface area contributed by atoms with Crippen molar-refractivity contribution in [2.75, 3.05) is 13.7 Å². The summed E-state index contributed by atoms with van der Waals surface area (Å²) in [4.78, 5) is 27.1. The minimum Gasteiger partial charge on any atom is -0.507 e. The van der Waals surface area contributed by atoms with Crippen LogP contribution in [0.25, 0.3) is 5.76 Å². The first-order valence-corrected chi connectivity index (χ1v) is 10.0. The molecule has 0 aromatic heterocycles. The zero-order chi connectivity index (χ0) is 21.1. The molecule has 1 unspecified atom stereocenters. The number of unbranched alkanes of at least 4 members (excludes halogenated alkanes) is 1. The Hall–Kier alpha value is -2.50. The molecule has 0 saturated carbocycles. The smallest absolute Gasteiger partial charge is 0.295 e. The Balaban J connectivity index is 2.15. The molecule has 2 aromatic carbocycles. The number of benzene rings is 2. The highest BCUT2D eigenvalue weighted by Crippen LogP contribution is 2.40. The molecule has 1 atom stereocenters. The van der Waals surface area contributed by atoms with E-state index in [2.05, 4.69) is 0 Å². The van der Waals surface area contributed by atoms with Crippen LogP contribution >= 0.6 is 23.2 Å². The Morgan fingerprint density at radius 1 is 1.10 bits per heavy atom. The quantitative estimate of drug-likeness (QED) is 0.385. The number of carbonyl (C=O) groups excluding carboxylic acids is 2. The maximum Gasteiger partial charge on any atom is 0.295 e. The molecule has 0 radical (unpaired) electrons. The van der Waals surface area contributed by atoms with E-state index >= 15 is 0 Å². The maximum atomic E-state index is 12.9. The molecular formula is C22H21Cl2NO4. The third-order valence-corrected chi connectivity index (χ3v) is 5.66. The molecule has 1 aliphatic heterocycles. The molecule has 0 aliphatic carbocycles. The Kier molecular flexibility index (Phi) is 6.50. The Morgan fingerprint density at radius 3 is 2.38 bits per heavy atom. The second-order valence-corrected chi connectivity index (χ2v) is 7.56. The second kappa shape index (κ2) is 8.89. The maximum absolute atomic E-state index is 12.9. The Labute approximate surface area is 179 Å². The molecule has 2 aromatic rings. The van der Waals surface area contributed by atoms with Crippen molar-refractivity contribution in [3.8, 4) is 5.75 Å². The molecule has 152 valence electrons. The third kappa shape index (κ3) is 4.11. The molecular weight excluding hydrogens is 413 g/mol. The number of Topliss-reactive ketones (excluding diaryl/α,β-unsaturated/α-hetero) is 1. The van der Waals surface area contributed by atoms with Crippen LogP contribution in [0, 0.1) is 0 Å². The summed E-state index contributed by atoms with van der Waals surface area (Å²) < 4.78 is 5.20. The van der Waals surface area contributed by atoms with Gasteiger partial charge in [0.2, 0.25) is 0 Å². The van der Waals surface area contributed by atoms with Crippen molar-refractivity contribution in [2.24, 2.45) is 0 Å². The number of carbonyl (C=O) groups is 2. The summed E-state index contributed by atoms with van der Waals surface area (Å²) in [6.45, 7) is 2.42. The highest BCUT2D eigenvalue weighted by Gasteiger charge is 2.45. The normalized spacial score (nSPS) is 18.3. The number of halogens is 2. The minimum absolute atomic E-state index is 0.0367. The Bertz CT molecular complexity index is 969. The molecule has 1 saturated heterocycles. The van der Waals surface area contributed by atoms with Crippen LogP contribution in [-0.4, -0.2) is 35.4 Å². The summed E-state index contributed by atoms with van der Waals surface area (Å²) in [5, 5.41) is 11.5. The third-order valence-electron chi connectivity index (χ3n) is 4.92. The van der Waals surface area contributed by atoms with E-state index in [0.29, 0.717) is 28.4 Å². The van der Waals surface area contributed by atoms with Crippen LogP contribution in [-0.2, 0) is 9.59 Å². The number of hydrogen-bond acceptors (Lipinski definition) is 4. The van der Waals surface area contributed by atoms with Crippen LogP contribution in [0.1, 0.15) is 36.9 Å². The standard InChI is InChI=1S/C22H21Cl2NO4/c1-3-4-11-25-19(13-5-8-15(29-2)9-6-13)18(21(27)22(25)28)20(26)14-7-10-16(23)17(24)12-14/h5-10,12,19,26H,3-4,11H2,1-2H3/b20-18-. The van der Waals surface area contributed by atoms with Crippen LogP contribution in [0.15, 0.2) is 48.0 Å².